The van der Waals surface area contributed by atoms with E-state index in [4.69, 9.17) is 4.74 Å². The number of carbonyl (C=O) groups excluding carboxylic acids is 1. The van der Waals surface area contributed by atoms with E-state index in [9.17, 15) is 4.79 Å². The molecule has 0 aromatic carbocycles. The molecule has 2 aromatic rings. The van der Waals surface area contributed by atoms with Gasteiger partial charge in [-0.3, -0.25) is 9.20 Å². The van der Waals surface area contributed by atoms with Crippen LogP contribution in [0.1, 0.15) is 29.8 Å². The van der Waals surface area contributed by atoms with Crippen LogP contribution in [-0.4, -0.2) is 71.0 Å². The lowest BCUT2D eigenvalue weighted by Crippen LogP contribution is -2.50. The first-order valence-corrected chi connectivity index (χ1v) is 9.06. The van der Waals surface area contributed by atoms with Gasteiger partial charge in [0.2, 0.25) is 0 Å². The zero-order valence-corrected chi connectivity index (χ0v) is 15.0. The van der Waals surface area contributed by atoms with E-state index in [0.29, 0.717) is 18.2 Å². The van der Waals surface area contributed by atoms with Crippen LogP contribution >= 0.6 is 0 Å². The van der Waals surface area contributed by atoms with E-state index in [1.165, 1.54) is 0 Å². The van der Waals surface area contributed by atoms with Crippen LogP contribution in [0.4, 0.5) is 0 Å². The van der Waals surface area contributed by atoms with Crippen molar-refractivity contribution >= 4 is 11.6 Å². The highest BCUT2D eigenvalue weighted by Gasteiger charge is 2.44. The first-order valence-electron chi connectivity index (χ1n) is 9.06. The fourth-order valence-corrected chi connectivity index (χ4v) is 4.38. The average Bonchev–Trinajstić information content (AvgIpc) is 3.18. The van der Waals surface area contributed by atoms with Gasteiger partial charge in [0.1, 0.15) is 11.3 Å². The summed E-state index contributed by atoms with van der Waals surface area (Å²) in [7, 11) is 4.21. The number of carbonyl (C=O) groups is 1. The first kappa shape index (κ1) is 16.5. The van der Waals surface area contributed by atoms with Gasteiger partial charge in [0.15, 0.2) is 0 Å². The number of fused-ring (bicyclic) bond motifs is 1. The summed E-state index contributed by atoms with van der Waals surface area (Å²) in [6.07, 6.45) is 6.67. The summed E-state index contributed by atoms with van der Waals surface area (Å²) in [6.45, 7) is 3.33. The van der Waals surface area contributed by atoms with Crippen LogP contribution in [0.25, 0.3) is 5.65 Å². The Morgan fingerprint density at radius 1 is 1.44 bits per heavy atom. The molecule has 2 aromatic heterocycles. The second-order valence-electron chi connectivity index (χ2n) is 7.73. The average molecular weight is 342 g/mol. The Hall–Kier alpha value is -1.92. The topological polar surface area (TPSA) is 50.1 Å². The lowest BCUT2D eigenvalue weighted by atomic mass is 9.86. The molecule has 0 unspecified atom stereocenters. The molecule has 1 spiro atoms. The van der Waals surface area contributed by atoms with E-state index in [1.807, 2.05) is 33.7 Å². The van der Waals surface area contributed by atoms with E-state index < -0.39 is 0 Å². The van der Waals surface area contributed by atoms with Gasteiger partial charge in [0.25, 0.3) is 5.91 Å². The predicted octanol–water partition coefficient (Wildman–Crippen LogP) is 1.91. The summed E-state index contributed by atoms with van der Waals surface area (Å²) in [5.74, 6) is 0.610. The Balaban J connectivity index is 1.51. The van der Waals surface area contributed by atoms with Crippen LogP contribution in [0.5, 0.6) is 0 Å². The van der Waals surface area contributed by atoms with Crippen LogP contribution in [0.3, 0.4) is 0 Å². The van der Waals surface area contributed by atoms with Gasteiger partial charge >= 0.3 is 0 Å². The number of amides is 1. The van der Waals surface area contributed by atoms with Crippen molar-refractivity contribution in [3.63, 3.8) is 0 Å². The Morgan fingerprint density at radius 2 is 2.32 bits per heavy atom. The number of ether oxygens (including phenoxy) is 1. The van der Waals surface area contributed by atoms with Crippen molar-refractivity contribution in [1.29, 1.82) is 0 Å². The van der Waals surface area contributed by atoms with Crippen LogP contribution in [0, 0.1) is 5.92 Å². The predicted molar refractivity (Wildman–Crippen MR) is 95.7 cm³/mol. The Morgan fingerprint density at radius 3 is 3.16 bits per heavy atom. The van der Waals surface area contributed by atoms with Crippen molar-refractivity contribution in [1.82, 2.24) is 19.2 Å². The maximum Gasteiger partial charge on any atom is 0.272 e. The van der Waals surface area contributed by atoms with Gasteiger partial charge in [-0.15, -0.1) is 0 Å². The molecule has 6 nitrogen and oxygen atoms in total. The van der Waals surface area contributed by atoms with Gasteiger partial charge in [-0.1, -0.05) is 6.07 Å². The number of aromatic nitrogens is 2. The second-order valence-corrected chi connectivity index (χ2v) is 7.73. The van der Waals surface area contributed by atoms with Crippen molar-refractivity contribution in [2.75, 3.05) is 40.3 Å². The molecular formula is C19H26N4O2. The minimum atomic E-state index is -0.158. The van der Waals surface area contributed by atoms with Crippen LogP contribution in [0.2, 0.25) is 0 Å². The normalized spacial score (nSPS) is 26.8. The molecule has 0 radical (unpaired) electrons. The summed E-state index contributed by atoms with van der Waals surface area (Å²) in [5.41, 5.74) is 1.28. The van der Waals surface area contributed by atoms with E-state index >= 15 is 0 Å². The molecule has 2 fully saturated rings. The minimum absolute atomic E-state index is 0.0532. The van der Waals surface area contributed by atoms with Crippen molar-refractivity contribution in [2.24, 2.45) is 5.92 Å². The molecule has 0 saturated carbocycles. The number of nitrogens with zero attached hydrogens (tertiary/aromatic N) is 4. The van der Waals surface area contributed by atoms with E-state index in [1.54, 1.807) is 6.20 Å². The third-order valence-electron chi connectivity index (χ3n) is 5.37. The fraction of sp³-hybridized carbons (Fsp3) is 0.579. The van der Waals surface area contributed by atoms with Gasteiger partial charge < -0.3 is 14.5 Å². The van der Waals surface area contributed by atoms with E-state index in [-0.39, 0.29) is 11.5 Å². The number of piperidine rings is 1. The molecule has 134 valence electrons. The Bertz CT molecular complexity index is 772. The zero-order valence-electron chi connectivity index (χ0n) is 15.0. The minimum Gasteiger partial charge on any atom is -0.373 e. The lowest BCUT2D eigenvalue weighted by molar-refractivity contribution is -0.0451. The molecule has 2 saturated heterocycles. The Labute approximate surface area is 148 Å². The second kappa shape index (κ2) is 6.42. The standard InChI is InChI=1S/C19H26N4O2/c1-21(2)12-15-10-19(25-13-15)7-5-8-22(14-19)18(24)16-11-20-17-6-3-4-9-23(16)17/h3-4,6,9,11,15H,5,7-8,10,12-14H2,1-2H3/t15-,19+/m0/s1. The van der Waals surface area contributed by atoms with Gasteiger partial charge in [-0.2, -0.15) is 0 Å². The number of hydrogen-bond acceptors (Lipinski definition) is 4. The number of hydrogen-bond donors (Lipinski definition) is 0. The highest BCUT2D eigenvalue weighted by atomic mass is 16.5. The molecule has 2 aliphatic heterocycles. The monoisotopic (exact) mass is 342 g/mol. The maximum atomic E-state index is 13.1. The number of likely N-dealkylation sites (tertiary alicyclic amines) is 1. The van der Waals surface area contributed by atoms with Crippen LogP contribution in [0.15, 0.2) is 30.6 Å². The summed E-state index contributed by atoms with van der Waals surface area (Å²) in [6, 6.07) is 5.78. The zero-order chi connectivity index (χ0) is 17.4. The van der Waals surface area contributed by atoms with Gasteiger partial charge in [0.05, 0.1) is 24.9 Å². The fourth-order valence-electron chi connectivity index (χ4n) is 4.38. The number of imidazole rings is 1. The highest BCUT2D eigenvalue weighted by Crippen LogP contribution is 2.38. The van der Waals surface area contributed by atoms with Crippen molar-refractivity contribution < 1.29 is 9.53 Å². The smallest absolute Gasteiger partial charge is 0.272 e. The lowest BCUT2D eigenvalue weighted by Gasteiger charge is -2.39. The quantitative estimate of drug-likeness (QED) is 0.855. The molecular weight excluding hydrogens is 316 g/mol. The van der Waals surface area contributed by atoms with Gasteiger partial charge in [-0.25, -0.2) is 4.98 Å². The highest BCUT2D eigenvalue weighted by molar-refractivity contribution is 5.93. The Kier molecular flexibility index (Phi) is 4.25. The molecule has 4 rings (SSSR count). The number of rotatable bonds is 3. The molecule has 4 heterocycles. The molecule has 0 bridgehead atoms. The summed E-state index contributed by atoms with van der Waals surface area (Å²) in [4.78, 5) is 21.6. The summed E-state index contributed by atoms with van der Waals surface area (Å²) < 4.78 is 8.11. The largest absolute Gasteiger partial charge is 0.373 e. The third-order valence-corrected chi connectivity index (χ3v) is 5.37. The molecule has 6 heteroatoms. The van der Waals surface area contributed by atoms with Crippen LogP contribution < -0.4 is 0 Å². The van der Waals surface area contributed by atoms with Crippen molar-refractivity contribution in [2.45, 2.75) is 24.9 Å². The summed E-state index contributed by atoms with van der Waals surface area (Å²) >= 11 is 0. The van der Waals surface area contributed by atoms with E-state index in [2.05, 4.69) is 24.0 Å². The third kappa shape index (κ3) is 3.16. The molecule has 2 atom stereocenters. The molecule has 0 aliphatic carbocycles. The first-order chi connectivity index (χ1) is 12.1. The molecule has 1 amide bonds. The number of pyridine rings is 1. The van der Waals surface area contributed by atoms with Gasteiger partial charge in [0, 0.05) is 19.3 Å². The molecule has 0 N–H and O–H groups in total. The van der Waals surface area contributed by atoms with Crippen molar-refractivity contribution in [3.8, 4) is 0 Å². The molecule has 2 aliphatic rings. The van der Waals surface area contributed by atoms with Crippen molar-refractivity contribution in [3.05, 3.63) is 36.3 Å². The maximum absolute atomic E-state index is 13.1. The molecule has 25 heavy (non-hydrogen) atoms. The SMILES string of the molecule is CN(C)C[C@H]1CO[C@]2(CCCN(C(=O)c3cnc4ccccn34)C2)C1. The summed E-state index contributed by atoms with van der Waals surface area (Å²) in [5, 5.41) is 0. The van der Waals surface area contributed by atoms with Gasteiger partial charge in [-0.05, 0) is 51.4 Å². The van der Waals surface area contributed by atoms with E-state index in [0.717, 1.165) is 44.6 Å². The van der Waals surface area contributed by atoms with Crippen LogP contribution in [-0.2, 0) is 4.74 Å².